The largest absolute Gasteiger partial charge is 0.371 e. The molecule has 0 atom stereocenters. The van der Waals surface area contributed by atoms with E-state index < -0.39 is 0 Å². The molecule has 1 aliphatic heterocycles. The van der Waals surface area contributed by atoms with Crippen LogP contribution in [0.2, 0.25) is 0 Å². The molecule has 1 aliphatic rings. The molecule has 1 heterocycles. The standard InChI is InChI=1S/C11H11FN2/c12-10-5-9(8-13)6-11(7-10)14-3-1-2-4-14/h5-7H,1-4H2. The van der Waals surface area contributed by atoms with Gasteiger partial charge in [0.05, 0.1) is 11.6 Å². The van der Waals surface area contributed by atoms with E-state index in [1.54, 1.807) is 6.07 Å². The zero-order valence-corrected chi connectivity index (χ0v) is 7.83. The average Bonchev–Trinajstić information content (AvgIpc) is 2.69. The molecule has 0 aromatic heterocycles. The number of hydrogen-bond acceptors (Lipinski definition) is 2. The second kappa shape index (κ2) is 3.67. The summed E-state index contributed by atoms with van der Waals surface area (Å²) in [5, 5.41) is 8.69. The first-order chi connectivity index (χ1) is 6.79. The number of benzene rings is 1. The highest BCUT2D eigenvalue weighted by Crippen LogP contribution is 2.22. The summed E-state index contributed by atoms with van der Waals surface area (Å²) < 4.78 is 13.1. The Morgan fingerprint density at radius 2 is 1.93 bits per heavy atom. The summed E-state index contributed by atoms with van der Waals surface area (Å²) in [6, 6.07) is 6.47. The lowest BCUT2D eigenvalue weighted by atomic mass is 10.2. The first kappa shape index (κ1) is 9.01. The molecule has 14 heavy (non-hydrogen) atoms. The SMILES string of the molecule is N#Cc1cc(F)cc(N2CCCC2)c1. The Morgan fingerprint density at radius 1 is 1.21 bits per heavy atom. The number of anilines is 1. The predicted octanol–water partition coefficient (Wildman–Crippen LogP) is 2.30. The first-order valence-electron chi connectivity index (χ1n) is 4.75. The van der Waals surface area contributed by atoms with Gasteiger partial charge in [-0.25, -0.2) is 4.39 Å². The van der Waals surface area contributed by atoms with Gasteiger partial charge in [0.15, 0.2) is 0 Å². The monoisotopic (exact) mass is 190 g/mol. The molecule has 0 N–H and O–H groups in total. The molecule has 0 spiro atoms. The van der Waals surface area contributed by atoms with E-state index in [4.69, 9.17) is 5.26 Å². The van der Waals surface area contributed by atoms with Crippen LogP contribution in [0.4, 0.5) is 10.1 Å². The lowest BCUT2D eigenvalue weighted by molar-refractivity contribution is 0.626. The van der Waals surface area contributed by atoms with Crippen molar-refractivity contribution in [3.8, 4) is 6.07 Å². The van der Waals surface area contributed by atoms with Crippen molar-refractivity contribution < 1.29 is 4.39 Å². The van der Waals surface area contributed by atoms with Crippen molar-refractivity contribution >= 4 is 5.69 Å². The Morgan fingerprint density at radius 3 is 2.57 bits per heavy atom. The van der Waals surface area contributed by atoms with E-state index in [1.807, 2.05) is 6.07 Å². The Hall–Kier alpha value is -1.56. The van der Waals surface area contributed by atoms with Gasteiger partial charge in [-0.2, -0.15) is 5.26 Å². The van der Waals surface area contributed by atoms with Gasteiger partial charge in [0.1, 0.15) is 5.82 Å². The molecule has 0 unspecified atom stereocenters. The van der Waals surface area contributed by atoms with Crippen LogP contribution < -0.4 is 4.90 Å². The minimum Gasteiger partial charge on any atom is -0.371 e. The lowest BCUT2D eigenvalue weighted by Crippen LogP contribution is -2.17. The molecule has 1 aromatic rings. The van der Waals surface area contributed by atoms with Crippen molar-refractivity contribution in [2.75, 3.05) is 18.0 Å². The Labute approximate surface area is 82.6 Å². The first-order valence-corrected chi connectivity index (χ1v) is 4.75. The molecule has 0 radical (unpaired) electrons. The summed E-state index contributed by atoms with van der Waals surface area (Å²) in [5.74, 6) is -0.328. The molecule has 0 saturated carbocycles. The molecule has 0 aliphatic carbocycles. The molecule has 2 nitrogen and oxygen atoms in total. The van der Waals surface area contributed by atoms with Crippen LogP contribution in [0.5, 0.6) is 0 Å². The van der Waals surface area contributed by atoms with Gasteiger partial charge in [-0.15, -0.1) is 0 Å². The van der Waals surface area contributed by atoms with Crippen molar-refractivity contribution in [3.05, 3.63) is 29.6 Å². The van der Waals surface area contributed by atoms with Gasteiger partial charge in [-0.05, 0) is 31.0 Å². The van der Waals surface area contributed by atoms with Crippen LogP contribution in [-0.4, -0.2) is 13.1 Å². The second-order valence-corrected chi connectivity index (χ2v) is 3.50. The van der Waals surface area contributed by atoms with E-state index in [0.717, 1.165) is 31.6 Å². The van der Waals surface area contributed by atoms with Gasteiger partial charge in [0.25, 0.3) is 0 Å². The van der Waals surface area contributed by atoms with Crippen LogP contribution in [-0.2, 0) is 0 Å². The molecular weight excluding hydrogens is 179 g/mol. The number of hydrogen-bond donors (Lipinski definition) is 0. The van der Waals surface area contributed by atoms with Crippen LogP contribution >= 0.6 is 0 Å². The van der Waals surface area contributed by atoms with Crippen molar-refractivity contribution in [1.29, 1.82) is 5.26 Å². The van der Waals surface area contributed by atoms with E-state index in [-0.39, 0.29) is 5.82 Å². The maximum Gasteiger partial charge on any atom is 0.126 e. The van der Waals surface area contributed by atoms with Crippen molar-refractivity contribution in [3.63, 3.8) is 0 Å². The molecule has 0 amide bonds. The predicted molar refractivity (Wildman–Crippen MR) is 52.6 cm³/mol. The average molecular weight is 190 g/mol. The topological polar surface area (TPSA) is 27.0 Å². The third kappa shape index (κ3) is 1.69. The Balaban J connectivity index is 2.33. The highest BCUT2D eigenvalue weighted by atomic mass is 19.1. The van der Waals surface area contributed by atoms with E-state index in [0.29, 0.717) is 5.56 Å². The summed E-state index contributed by atoms with van der Waals surface area (Å²) in [7, 11) is 0. The van der Waals surface area contributed by atoms with Gasteiger partial charge in [0, 0.05) is 18.8 Å². The van der Waals surface area contributed by atoms with Gasteiger partial charge in [0.2, 0.25) is 0 Å². The molecule has 1 saturated heterocycles. The van der Waals surface area contributed by atoms with E-state index in [1.165, 1.54) is 12.1 Å². The van der Waals surface area contributed by atoms with Crippen LogP contribution in [0.1, 0.15) is 18.4 Å². The molecule has 3 heteroatoms. The lowest BCUT2D eigenvalue weighted by Gasteiger charge is -2.17. The fourth-order valence-corrected chi connectivity index (χ4v) is 1.80. The second-order valence-electron chi connectivity index (χ2n) is 3.50. The summed E-state index contributed by atoms with van der Waals surface area (Å²) in [6.07, 6.45) is 2.30. The summed E-state index contributed by atoms with van der Waals surface area (Å²) in [5.41, 5.74) is 1.23. The molecule has 1 aromatic carbocycles. The fourth-order valence-electron chi connectivity index (χ4n) is 1.80. The van der Waals surface area contributed by atoms with Crippen LogP contribution in [0.25, 0.3) is 0 Å². The van der Waals surface area contributed by atoms with Crippen molar-refractivity contribution in [2.24, 2.45) is 0 Å². The summed E-state index contributed by atoms with van der Waals surface area (Å²) in [4.78, 5) is 2.12. The van der Waals surface area contributed by atoms with Gasteiger partial charge in [-0.1, -0.05) is 0 Å². The molecule has 2 rings (SSSR count). The quantitative estimate of drug-likeness (QED) is 0.679. The van der Waals surface area contributed by atoms with Gasteiger partial charge >= 0.3 is 0 Å². The number of nitriles is 1. The van der Waals surface area contributed by atoms with Gasteiger partial charge in [-0.3, -0.25) is 0 Å². The minimum absolute atomic E-state index is 0.328. The van der Waals surface area contributed by atoms with Crippen LogP contribution in [0.15, 0.2) is 18.2 Å². The van der Waals surface area contributed by atoms with Gasteiger partial charge < -0.3 is 4.90 Å². The van der Waals surface area contributed by atoms with Crippen LogP contribution in [0, 0.1) is 17.1 Å². The Bertz CT molecular complexity index is 375. The van der Waals surface area contributed by atoms with E-state index >= 15 is 0 Å². The van der Waals surface area contributed by atoms with E-state index in [9.17, 15) is 4.39 Å². The zero-order chi connectivity index (χ0) is 9.97. The zero-order valence-electron chi connectivity index (χ0n) is 7.83. The number of halogens is 1. The third-order valence-corrected chi connectivity index (χ3v) is 2.48. The minimum atomic E-state index is -0.328. The summed E-state index contributed by atoms with van der Waals surface area (Å²) in [6.45, 7) is 1.93. The molecule has 0 bridgehead atoms. The fraction of sp³-hybridized carbons (Fsp3) is 0.364. The maximum absolute atomic E-state index is 13.1. The number of nitrogens with zero attached hydrogens (tertiary/aromatic N) is 2. The molecule has 72 valence electrons. The summed E-state index contributed by atoms with van der Waals surface area (Å²) >= 11 is 0. The third-order valence-electron chi connectivity index (χ3n) is 2.48. The van der Waals surface area contributed by atoms with Crippen molar-refractivity contribution in [1.82, 2.24) is 0 Å². The smallest absolute Gasteiger partial charge is 0.126 e. The van der Waals surface area contributed by atoms with Crippen molar-refractivity contribution in [2.45, 2.75) is 12.8 Å². The van der Waals surface area contributed by atoms with Crippen LogP contribution in [0.3, 0.4) is 0 Å². The molecular formula is C11H11FN2. The maximum atomic E-state index is 13.1. The molecule has 1 fully saturated rings. The van der Waals surface area contributed by atoms with E-state index in [2.05, 4.69) is 4.90 Å². The Kier molecular flexibility index (Phi) is 2.36. The number of rotatable bonds is 1. The highest BCUT2D eigenvalue weighted by molar-refractivity contribution is 5.52. The highest BCUT2D eigenvalue weighted by Gasteiger charge is 2.13. The normalized spacial score (nSPS) is 15.6.